The quantitative estimate of drug-likeness (QED) is 0.131. The Bertz CT molecular complexity index is 2930. The van der Waals surface area contributed by atoms with Crippen LogP contribution in [0.3, 0.4) is 0 Å². The molecule has 0 spiro atoms. The van der Waals surface area contributed by atoms with Crippen molar-refractivity contribution in [3.05, 3.63) is 170 Å². The van der Waals surface area contributed by atoms with Gasteiger partial charge in [0.2, 0.25) is 0 Å². The van der Waals surface area contributed by atoms with Gasteiger partial charge in [-0.25, -0.2) is 0 Å². The fourth-order valence-corrected chi connectivity index (χ4v) is 7.89. The lowest BCUT2D eigenvalue weighted by molar-refractivity contribution is 1.12. The lowest BCUT2D eigenvalue weighted by Crippen LogP contribution is -1.92. The van der Waals surface area contributed by atoms with Crippen LogP contribution in [0.2, 0.25) is 0 Å². The van der Waals surface area contributed by atoms with E-state index in [9.17, 15) is 0 Å². The van der Waals surface area contributed by atoms with E-state index in [1.54, 1.807) is 0 Å². The topological polar surface area (TPSA) is 0 Å². The lowest BCUT2D eigenvalue weighted by atomic mass is 9.83. The van der Waals surface area contributed by atoms with E-state index in [0.717, 1.165) is 5.25 Å². The van der Waals surface area contributed by atoms with Gasteiger partial charge in [0.1, 0.15) is 0 Å². The first kappa shape index (κ1) is 34.5. The smallest absolute Gasteiger partial charge is 0.00125 e. The van der Waals surface area contributed by atoms with Crippen molar-refractivity contribution in [1.29, 1.82) is 0 Å². The summed E-state index contributed by atoms with van der Waals surface area (Å²) >= 11 is 1.88. The molecule has 0 heterocycles. The van der Waals surface area contributed by atoms with Crippen LogP contribution in [0.5, 0.6) is 0 Å². The largest absolute Gasteiger partial charge is 0.163 e. The van der Waals surface area contributed by atoms with E-state index in [1.807, 2.05) is 25.6 Å². The summed E-state index contributed by atoms with van der Waals surface area (Å²) in [4.78, 5) is 0. The molecule has 0 saturated carbocycles. The van der Waals surface area contributed by atoms with Crippen molar-refractivity contribution in [2.45, 2.75) is 32.9 Å². The van der Waals surface area contributed by atoms with Crippen LogP contribution in [-0.4, -0.2) is 11.5 Å². The third-order valence-electron chi connectivity index (χ3n) is 10.5. The molecule has 0 aliphatic rings. The van der Waals surface area contributed by atoms with Gasteiger partial charge in [0.05, 0.1) is 0 Å². The van der Waals surface area contributed by atoms with Gasteiger partial charge < -0.3 is 0 Å². The normalized spacial score (nSPS) is 11.4. The molecule has 0 aliphatic carbocycles. The van der Waals surface area contributed by atoms with Crippen LogP contribution in [-0.2, 0) is 0 Å². The number of rotatable bonds is 3. The average molecular weight is 701 g/mol. The minimum Gasteiger partial charge on any atom is -0.163 e. The van der Waals surface area contributed by atoms with Gasteiger partial charge in [0.25, 0.3) is 0 Å². The summed E-state index contributed by atoms with van der Waals surface area (Å²) in [6, 6.07) is 63.0. The van der Waals surface area contributed by atoms with Gasteiger partial charge in [0, 0.05) is 0 Å². The van der Waals surface area contributed by atoms with Crippen molar-refractivity contribution in [1.82, 2.24) is 0 Å². The maximum Gasteiger partial charge on any atom is -0.00125 e. The molecule has 0 bridgehead atoms. The molecule has 0 aliphatic heterocycles. The zero-order chi connectivity index (χ0) is 36.5. The number of fused-ring (bicyclic) bond motifs is 10. The van der Waals surface area contributed by atoms with E-state index in [4.69, 9.17) is 0 Å². The van der Waals surface area contributed by atoms with E-state index in [2.05, 4.69) is 190 Å². The Labute approximate surface area is 317 Å². The fraction of sp³-hybridized carbons (Fsp3) is 0.115. The van der Waals surface area contributed by atoms with Gasteiger partial charge in [-0.1, -0.05) is 185 Å². The molecule has 0 aromatic heterocycles. The van der Waals surface area contributed by atoms with Gasteiger partial charge in [-0.15, -0.1) is 0 Å². The molecule has 0 nitrogen and oxygen atoms in total. The van der Waals surface area contributed by atoms with Crippen LogP contribution in [0.1, 0.15) is 27.7 Å². The number of hydrogen-bond acceptors (Lipinski definition) is 1. The highest BCUT2D eigenvalue weighted by atomic mass is 32.2. The van der Waals surface area contributed by atoms with Gasteiger partial charge in [0.15, 0.2) is 0 Å². The molecule has 53 heavy (non-hydrogen) atoms. The molecule has 0 unspecified atom stereocenters. The van der Waals surface area contributed by atoms with E-state index in [-0.39, 0.29) is 0 Å². The van der Waals surface area contributed by atoms with Crippen molar-refractivity contribution in [2.24, 2.45) is 0 Å². The summed E-state index contributed by atoms with van der Waals surface area (Å²) in [6.07, 6.45) is 2.12. The first-order chi connectivity index (χ1) is 26.1. The number of thioether (sulfide) groups is 1. The van der Waals surface area contributed by atoms with Crippen molar-refractivity contribution < 1.29 is 0 Å². The van der Waals surface area contributed by atoms with Gasteiger partial charge in [-0.2, -0.15) is 11.8 Å². The minimum absolute atomic E-state index is 0.801. The number of hydrogen-bond donors (Lipinski definition) is 0. The Kier molecular flexibility index (Phi) is 9.61. The number of benzene rings is 10. The van der Waals surface area contributed by atoms with E-state index in [0.29, 0.717) is 0 Å². The van der Waals surface area contributed by atoms with E-state index < -0.39 is 0 Å². The molecular weight excluding hydrogens is 657 g/mol. The van der Waals surface area contributed by atoms with Gasteiger partial charge in [-0.3, -0.25) is 0 Å². The summed E-state index contributed by atoms with van der Waals surface area (Å²) in [7, 11) is 0. The summed E-state index contributed by atoms with van der Waals surface area (Å²) < 4.78 is 0. The van der Waals surface area contributed by atoms with E-state index >= 15 is 0 Å². The monoisotopic (exact) mass is 700 g/mol. The summed E-state index contributed by atoms with van der Waals surface area (Å²) in [5.74, 6) is 0. The average Bonchev–Trinajstić information content (AvgIpc) is 3.23. The fourth-order valence-electron chi connectivity index (χ4n) is 7.89. The van der Waals surface area contributed by atoms with Crippen LogP contribution >= 0.6 is 11.8 Å². The zero-order valence-corrected chi connectivity index (χ0v) is 32.0. The van der Waals surface area contributed by atoms with Crippen molar-refractivity contribution in [3.63, 3.8) is 0 Å². The Morgan fingerprint density at radius 2 is 0.717 bits per heavy atom. The van der Waals surface area contributed by atoms with Crippen LogP contribution in [0, 0.1) is 0 Å². The SMILES string of the molecule is CC.CSC(C)C.c1ccc2c(c1)ccc1cc(-c3c4ccccc4c(-c4ccc5ccc6ccccc6c5c4)c4ccc5ccccc5c34)ccc12. The first-order valence-electron chi connectivity index (χ1n) is 18.8. The molecule has 258 valence electrons. The van der Waals surface area contributed by atoms with E-state index in [1.165, 1.54) is 97.7 Å². The summed E-state index contributed by atoms with van der Waals surface area (Å²) in [6.45, 7) is 8.37. The molecule has 10 aromatic carbocycles. The lowest BCUT2D eigenvalue weighted by Gasteiger charge is -2.20. The van der Waals surface area contributed by atoms with Crippen LogP contribution in [0.4, 0.5) is 0 Å². The van der Waals surface area contributed by atoms with Crippen LogP contribution in [0.25, 0.3) is 97.7 Å². The van der Waals surface area contributed by atoms with Crippen LogP contribution in [0.15, 0.2) is 170 Å². The molecule has 0 amide bonds. The van der Waals surface area contributed by atoms with Gasteiger partial charge in [-0.05, 0) is 121 Å². The van der Waals surface area contributed by atoms with Crippen LogP contribution < -0.4 is 0 Å². The summed E-state index contributed by atoms with van der Waals surface area (Å²) in [5.41, 5.74) is 5.09. The Morgan fingerprint density at radius 1 is 0.340 bits per heavy atom. The molecule has 1 heteroatoms. The second-order valence-electron chi connectivity index (χ2n) is 13.7. The van der Waals surface area contributed by atoms with Crippen molar-refractivity contribution in [2.75, 3.05) is 6.26 Å². The predicted octanol–water partition coefficient (Wildman–Crippen LogP) is 15.9. The summed E-state index contributed by atoms with van der Waals surface area (Å²) in [5, 5.41) is 18.7. The highest BCUT2D eigenvalue weighted by molar-refractivity contribution is 7.99. The Balaban J connectivity index is 0.000000531. The second kappa shape index (κ2) is 14.8. The maximum absolute atomic E-state index is 2.41. The molecule has 10 aromatic rings. The Morgan fingerprint density at radius 3 is 1.34 bits per heavy atom. The van der Waals surface area contributed by atoms with Gasteiger partial charge >= 0.3 is 0 Å². The molecule has 0 saturated heterocycles. The molecule has 10 rings (SSSR count). The third kappa shape index (κ3) is 6.20. The molecular formula is C52H44S. The highest BCUT2D eigenvalue weighted by Gasteiger charge is 2.19. The van der Waals surface area contributed by atoms with Crippen molar-refractivity contribution >= 4 is 87.2 Å². The third-order valence-corrected chi connectivity index (χ3v) is 11.4. The standard InChI is InChI=1S/C46H28.C4H10S.C2H6/c1-4-12-36-29(9-1)19-21-33-27-34(24-25-38(33)36)45-41-16-8-7-15-40(41)44(42-26-23-31-11-3-6-14-39(31)46(42)45)35-22-20-32-18-17-30-10-2-5-13-37(30)43(32)28-35;1-4(2)5-3;1-2/h1-28H;4H,1-3H3;1-2H3. The highest BCUT2D eigenvalue weighted by Crippen LogP contribution is 2.47. The predicted molar refractivity (Wildman–Crippen MR) is 240 cm³/mol. The zero-order valence-electron chi connectivity index (χ0n) is 31.2. The second-order valence-corrected chi connectivity index (χ2v) is 15.1. The molecule has 0 radical (unpaired) electrons. The molecule has 0 fully saturated rings. The Hall–Kier alpha value is -5.63. The molecule has 0 atom stereocenters. The minimum atomic E-state index is 0.801. The maximum atomic E-state index is 2.41. The first-order valence-corrected chi connectivity index (χ1v) is 20.1. The molecule has 0 N–H and O–H groups in total. The van der Waals surface area contributed by atoms with Crippen molar-refractivity contribution in [3.8, 4) is 22.3 Å².